The molecule has 7 nitrogen and oxygen atoms in total. The Kier molecular flexibility index (Phi) is 2.57. The van der Waals surface area contributed by atoms with Crippen molar-refractivity contribution in [2.24, 2.45) is 0 Å². The third kappa shape index (κ3) is 2.12. The van der Waals surface area contributed by atoms with Gasteiger partial charge in [-0.3, -0.25) is 0 Å². The third-order valence-electron chi connectivity index (χ3n) is 2.01. The molecule has 0 aliphatic carbocycles. The van der Waals surface area contributed by atoms with Crippen LogP contribution in [0.5, 0.6) is 12.0 Å². The SMILES string of the molecule is O=C(O)c1ccccc1-c1nc(O)nc(O)n1. The average molecular weight is 233 g/mol. The van der Waals surface area contributed by atoms with Crippen molar-refractivity contribution in [2.75, 3.05) is 0 Å². The number of benzene rings is 1. The maximum Gasteiger partial charge on any atom is 0.336 e. The Labute approximate surface area is 95.1 Å². The van der Waals surface area contributed by atoms with Gasteiger partial charge in [-0.25, -0.2) is 4.79 Å². The molecule has 1 heterocycles. The molecule has 2 rings (SSSR count). The highest BCUT2D eigenvalue weighted by Gasteiger charge is 2.14. The number of nitrogens with zero attached hydrogens (tertiary/aromatic N) is 3. The van der Waals surface area contributed by atoms with Crippen LogP contribution in [-0.2, 0) is 0 Å². The second kappa shape index (κ2) is 4.05. The molecule has 86 valence electrons. The lowest BCUT2D eigenvalue weighted by atomic mass is 10.1. The molecule has 3 N–H and O–H groups in total. The van der Waals surface area contributed by atoms with E-state index in [2.05, 4.69) is 15.0 Å². The summed E-state index contributed by atoms with van der Waals surface area (Å²) in [5.41, 5.74) is 0.158. The molecular weight excluding hydrogens is 226 g/mol. The Hall–Kier alpha value is -2.70. The van der Waals surface area contributed by atoms with Gasteiger partial charge in [0.15, 0.2) is 5.82 Å². The topological polar surface area (TPSA) is 116 Å². The minimum absolute atomic E-state index is 0.0301. The van der Waals surface area contributed by atoms with Gasteiger partial charge in [0.1, 0.15) is 0 Å². The summed E-state index contributed by atoms with van der Waals surface area (Å²) in [5.74, 6) is -1.26. The molecule has 17 heavy (non-hydrogen) atoms. The molecule has 0 aliphatic rings. The summed E-state index contributed by atoms with van der Waals surface area (Å²) in [6.07, 6.45) is 0. The molecule has 1 aromatic carbocycles. The number of carboxylic acids is 1. The quantitative estimate of drug-likeness (QED) is 0.697. The molecule has 0 unspecified atom stereocenters. The van der Waals surface area contributed by atoms with Crippen molar-refractivity contribution in [3.63, 3.8) is 0 Å². The van der Waals surface area contributed by atoms with Crippen LogP contribution >= 0.6 is 0 Å². The number of aromatic nitrogens is 3. The van der Waals surface area contributed by atoms with E-state index in [4.69, 9.17) is 15.3 Å². The smallest absolute Gasteiger partial charge is 0.336 e. The first-order valence-electron chi connectivity index (χ1n) is 4.54. The van der Waals surface area contributed by atoms with Gasteiger partial charge in [0.2, 0.25) is 0 Å². The number of hydrogen-bond donors (Lipinski definition) is 3. The number of aromatic hydroxyl groups is 2. The van der Waals surface area contributed by atoms with E-state index >= 15 is 0 Å². The largest absolute Gasteiger partial charge is 0.479 e. The summed E-state index contributed by atoms with van der Waals surface area (Å²) < 4.78 is 0. The normalized spacial score (nSPS) is 10.1. The lowest BCUT2D eigenvalue weighted by molar-refractivity contribution is 0.0697. The van der Waals surface area contributed by atoms with Gasteiger partial charge in [-0.15, -0.1) is 4.98 Å². The predicted octanol–water partition coefficient (Wildman–Crippen LogP) is 0.648. The molecule has 0 saturated carbocycles. The Morgan fingerprint density at radius 1 is 1.00 bits per heavy atom. The van der Waals surface area contributed by atoms with E-state index in [1.807, 2.05) is 0 Å². The number of rotatable bonds is 2. The number of carbonyl (C=O) groups is 1. The van der Waals surface area contributed by atoms with Crippen LogP contribution in [-0.4, -0.2) is 36.2 Å². The zero-order valence-corrected chi connectivity index (χ0v) is 8.40. The monoisotopic (exact) mass is 233 g/mol. The standard InChI is InChI=1S/C10H7N3O4/c14-8(15)6-4-2-1-3-5(6)7-11-9(16)13-10(17)12-7/h1-4H,(H,14,15)(H2,11,12,13,16,17). The molecule has 7 heteroatoms. The highest BCUT2D eigenvalue weighted by Crippen LogP contribution is 2.22. The van der Waals surface area contributed by atoms with Gasteiger partial charge >= 0.3 is 18.0 Å². The van der Waals surface area contributed by atoms with E-state index in [-0.39, 0.29) is 17.0 Å². The molecule has 0 radical (unpaired) electrons. The summed E-state index contributed by atoms with van der Waals surface area (Å²) in [5, 5.41) is 27.2. The van der Waals surface area contributed by atoms with E-state index in [0.717, 1.165) is 0 Å². The van der Waals surface area contributed by atoms with Crippen LogP contribution in [0.3, 0.4) is 0 Å². The van der Waals surface area contributed by atoms with Gasteiger partial charge in [-0.2, -0.15) is 9.97 Å². The summed E-state index contributed by atoms with van der Waals surface area (Å²) >= 11 is 0. The van der Waals surface area contributed by atoms with Crippen molar-refractivity contribution < 1.29 is 20.1 Å². The van der Waals surface area contributed by atoms with Crippen molar-refractivity contribution >= 4 is 5.97 Å². The summed E-state index contributed by atoms with van der Waals surface area (Å²) in [6, 6.07) is 4.64. The summed E-state index contributed by atoms with van der Waals surface area (Å²) in [6.45, 7) is 0. The minimum Gasteiger partial charge on any atom is -0.479 e. The second-order valence-corrected chi connectivity index (χ2v) is 3.11. The van der Waals surface area contributed by atoms with Gasteiger partial charge in [0.05, 0.1) is 5.56 Å². The maximum absolute atomic E-state index is 11.0. The fourth-order valence-corrected chi connectivity index (χ4v) is 1.34. The zero-order valence-electron chi connectivity index (χ0n) is 8.40. The highest BCUT2D eigenvalue weighted by atomic mass is 16.4. The van der Waals surface area contributed by atoms with Crippen molar-refractivity contribution in [1.29, 1.82) is 0 Å². The van der Waals surface area contributed by atoms with Crippen LogP contribution < -0.4 is 0 Å². The van der Waals surface area contributed by atoms with Crippen molar-refractivity contribution in [3.05, 3.63) is 29.8 Å². The van der Waals surface area contributed by atoms with Crippen LogP contribution in [0.1, 0.15) is 10.4 Å². The van der Waals surface area contributed by atoms with Crippen molar-refractivity contribution in [3.8, 4) is 23.4 Å². The van der Waals surface area contributed by atoms with Gasteiger partial charge < -0.3 is 15.3 Å². The first kappa shape index (κ1) is 10.8. The molecule has 0 bridgehead atoms. The van der Waals surface area contributed by atoms with Gasteiger partial charge in [0.25, 0.3) is 0 Å². The van der Waals surface area contributed by atoms with Crippen molar-refractivity contribution in [2.45, 2.75) is 0 Å². The van der Waals surface area contributed by atoms with E-state index in [1.54, 1.807) is 12.1 Å². The number of hydrogen-bond acceptors (Lipinski definition) is 6. The molecule has 2 aromatic rings. The lowest BCUT2D eigenvalue weighted by Crippen LogP contribution is -2.01. The Morgan fingerprint density at radius 2 is 1.59 bits per heavy atom. The first-order valence-corrected chi connectivity index (χ1v) is 4.54. The molecule has 0 atom stereocenters. The van der Waals surface area contributed by atoms with Crippen LogP contribution in [0.4, 0.5) is 0 Å². The van der Waals surface area contributed by atoms with E-state index in [1.165, 1.54) is 12.1 Å². The van der Waals surface area contributed by atoms with E-state index in [9.17, 15) is 4.79 Å². The molecule has 0 amide bonds. The minimum atomic E-state index is -1.15. The van der Waals surface area contributed by atoms with Crippen LogP contribution in [0, 0.1) is 0 Å². The van der Waals surface area contributed by atoms with Gasteiger partial charge in [-0.05, 0) is 6.07 Å². The molecular formula is C10H7N3O4. The molecule has 0 aliphatic heterocycles. The zero-order chi connectivity index (χ0) is 12.4. The first-order chi connectivity index (χ1) is 8.08. The Morgan fingerprint density at radius 3 is 2.18 bits per heavy atom. The third-order valence-corrected chi connectivity index (χ3v) is 2.01. The van der Waals surface area contributed by atoms with Gasteiger partial charge in [-0.1, -0.05) is 18.2 Å². The number of aromatic carboxylic acids is 1. The summed E-state index contributed by atoms with van der Waals surface area (Å²) in [4.78, 5) is 21.3. The van der Waals surface area contributed by atoms with E-state index in [0.29, 0.717) is 0 Å². The fourth-order valence-electron chi connectivity index (χ4n) is 1.34. The highest BCUT2D eigenvalue weighted by molar-refractivity contribution is 5.94. The number of carboxylic acid groups (broad SMARTS) is 1. The van der Waals surface area contributed by atoms with E-state index < -0.39 is 18.0 Å². The molecule has 0 spiro atoms. The van der Waals surface area contributed by atoms with Crippen LogP contribution in [0.15, 0.2) is 24.3 Å². The lowest BCUT2D eigenvalue weighted by Gasteiger charge is -2.04. The molecule has 1 aromatic heterocycles. The predicted molar refractivity (Wildman–Crippen MR) is 55.6 cm³/mol. The van der Waals surface area contributed by atoms with Crippen molar-refractivity contribution in [1.82, 2.24) is 15.0 Å². The average Bonchev–Trinajstić information content (AvgIpc) is 2.27. The maximum atomic E-state index is 11.0. The Balaban J connectivity index is 2.64. The Bertz CT molecular complexity index is 565. The van der Waals surface area contributed by atoms with Crippen LogP contribution in [0.25, 0.3) is 11.4 Å². The fraction of sp³-hybridized carbons (Fsp3) is 0. The molecule has 0 fully saturated rings. The van der Waals surface area contributed by atoms with Crippen LogP contribution in [0.2, 0.25) is 0 Å². The second-order valence-electron chi connectivity index (χ2n) is 3.11. The van der Waals surface area contributed by atoms with Gasteiger partial charge in [0, 0.05) is 5.56 Å². The summed E-state index contributed by atoms with van der Waals surface area (Å²) in [7, 11) is 0. The molecule has 0 saturated heterocycles.